The molecule has 0 aliphatic heterocycles. The second-order valence-corrected chi connectivity index (χ2v) is 6.36. The molecule has 4 N–H and O–H groups in total. The van der Waals surface area contributed by atoms with Gasteiger partial charge in [-0.05, 0) is 30.6 Å². The quantitative estimate of drug-likeness (QED) is 0.575. The van der Waals surface area contributed by atoms with Crippen LogP contribution in [0.15, 0.2) is 0 Å². The van der Waals surface area contributed by atoms with Crippen molar-refractivity contribution in [3.05, 3.63) is 0 Å². The third-order valence-corrected chi connectivity index (χ3v) is 4.36. The topological polar surface area (TPSA) is 93.5 Å². The predicted molar refractivity (Wildman–Crippen MR) is 81.6 cm³/mol. The van der Waals surface area contributed by atoms with Crippen LogP contribution in [0.4, 0.5) is 0 Å². The highest BCUT2D eigenvalue weighted by Gasteiger charge is 2.36. The molecule has 0 radical (unpaired) electrons. The van der Waals surface area contributed by atoms with E-state index in [0.717, 1.165) is 25.9 Å². The number of hydrogen-bond donors (Lipinski definition) is 3. The van der Waals surface area contributed by atoms with Crippen molar-refractivity contribution in [2.24, 2.45) is 17.1 Å². The van der Waals surface area contributed by atoms with E-state index in [9.17, 15) is 9.59 Å². The lowest BCUT2D eigenvalue weighted by molar-refractivity contribution is -0.127. The van der Waals surface area contributed by atoms with Crippen LogP contribution < -0.4 is 16.4 Å². The highest BCUT2D eigenvalue weighted by atomic mass is 16.5. The number of ether oxygens (including phenoxy) is 1. The molecule has 0 aromatic carbocycles. The zero-order valence-corrected chi connectivity index (χ0v) is 13.4. The number of carbonyl (C=O) groups is 2. The Bertz CT molecular complexity index is 354. The summed E-state index contributed by atoms with van der Waals surface area (Å²) in [4.78, 5) is 23.5. The van der Waals surface area contributed by atoms with Crippen LogP contribution in [0, 0.1) is 11.3 Å². The summed E-state index contributed by atoms with van der Waals surface area (Å²) >= 11 is 0. The fourth-order valence-electron chi connectivity index (χ4n) is 2.45. The maximum Gasteiger partial charge on any atom is 0.239 e. The Morgan fingerprint density at radius 3 is 2.43 bits per heavy atom. The molecule has 2 amide bonds. The largest absolute Gasteiger partial charge is 0.385 e. The van der Waals surface area contributed by atoms with Crippen molar-refractivity contribution in [1.82, 2.24) is 10.6 Å². The summed E-state index contributed by atoms with van der Waals surface area (Å²) in [6.45, 7) is 5.11. The minimum absolute atomic E-state index is 0.0143. The van der Waals surface area contributed by atoms with E-state index in [1.165, 1.54) is 6.42 Å². The molecule has 1 saturated carbocycles. The summed E-state index contributed by atoms with van der Waals surface area (Å²) in [5.41, 5.74) is 5.90. The molecule has 0 spiro atoms. The van der Waals surface area contributed by atoms with Gasteiger partial charge in [0, 0.05) is 20.3 Å². The van der Waals surface area contributed by atoms with E-state index in [-0.39, 0.29) is 29.7 Å². The number of nitrogens with one attached hydrogen (secondary N) is 2. The van der Waals surface area contributed by atoms with Crippen molar-refractivity contribution in [3.8, 4) is 0 Å². The van der Waals surface area contributed by atoms with Gasteiger partial charge in [-0.1, -0.05) is 20.3 Å². The summed E-state index contributed by atoms with van der Waals surface area (Å²) < 4.78 is 5.12. The minimum Gasteiger partial charge on any atom is -0.385 e. The lowest BCUT2D eigenvalue weighted by Gasteiger charge is -2.42. The van der Waals surface area contributed by atoms with Crippen LogP contribution >= 0.6 is 0 Å². The molecule has 0 bridgehead atoms. The Morgan fingerprint density at radius 2 is 1.95 bits per heavy atom. The standard InChI is InChI=1S/C15H29N3O3/c1-11(2)13(16)14(20)17-9-12(19)18-10-15(5-4-6-15)7-8-21-3/h11,13H,4-10,16H2,1-3H3,(H,17,20)(H,18,19)/t13-/m0/s1. The maximum absolute atomic E-state index is 11.8. The number of rotatable bonds is 9. The smallest absolute Gasteiger partial charge is 0.239 e. The second-order valence-electron chi connectivity index (χ2n) is 6.36. The third kappa shape index (κ3) is 5.63. The number of carbonyl (C=O) groups excluding carboxylic acids is 2. The Morgan fingerprint density at radius 1 is 1.29 bits per heavy atom. The Hall–Kier alpha value is -1.14. The normalized spacial score (nSPS) is 18.0. The van der Waals surface area contributed by atoms with Gasteiger partial charge in [-0.15, -0.1) is 0 Å². The minimum atomic E-state index is -0.572. The second kappa shape index (κ2) is 8.34. The Kier molecular flexibility index (Phi) is 7.11. The molecule has 0 saturated heterocycles. The fourth-order valence-corrected chi connectivity index (χ4v) is 2.45. The van der Waals surface area contributed by atoms with Crippen molar-refractivity contribution in [2.75, 3.05) is 26.8 Å². The van der Waals surface area contributed by atoms with Gasteiger partial charge in [-0.25, -0.2) is 0 Å². The van der Waals surface area contributed by atoms with Gasteiger partial charge in [0.2, 0.25) is 11.8 Å². The van der Waals surface area contributed by atoms with Crippen molar-refractivity contribution in [1.29, 1.82) is 0 Å². The van der Waals surface area contributed by atoms with E-state index < -0.39 is 6.04 Å². The summed E-state index contributed by atoms with van der Waals surface area (Å²) in [7, 11) is 1.69. The van der Waals surface area contributed by atoms with Gasteiger partial charge >= 0.3 is 0 Å². The number of amides is 2. The number of methoxy groups -OCH3 is 1. The van der Waals surface area contributed by atoms with Crippen molar-refractivity contribution in [2.45, 2.75) is 45.6 Å². The zero-order valence-electron chi connectivity index (χ0n) is 13.4. The highest BCUT2D eigenvalue weighted by molar-refractivity contribution is 5.87. The zero-order chi connectivity index (χ0) is 15.9. The van der Waals surface area contributed by atoms with E-state index in [1.54, 1.807) is 7.11 Å². The SMILES string of the molecule is COCCC1(CNC(=O)CNC(=O)[C@@H](N)C(C)C)CCC1. The molecule has 1 aliphatic carbocycles. The lowest BCUT2D eigenvalue weighted by atomic mass is 9.67. The lowest BCUT2D eigenvalue weighted by Crippen LogP contribution is -2.49. The molecule has 0 aromatic rings. The van der Waals surface area contributed by atoms with Gasteiger partial charge in [0.1, 0.15) is 0 Å². The molecule has 21 heavy (non-hydrogen) atoms. The van der Waals surface area contributed by atoms with E-state index >= 15 is 0 Å². The van der Waals surface area contributed by atoms with E-state index in [0.29, 0.717) is 6.54 Å². The van der Waals surface area contributed by atoms with Crippen molar-refractivity contribution in [3.63, 3.8) is 0 Å². The molecule has 122 valence electrons. The molecule has 6 nitrogen and oxygen atoms in total. The molecule has 6 heteroatoms. The van der Waals surface area contributed by atoms with E-state index in [1.807, 2.05) is 13.8 Å². The van der Waals surface area contributed by atoms with Crippen LogP contribution in [0.25, 0.3) is 0 Å². The first-order valence-electron chi connectivity index (χ1n) is 7.69. The van der Waals surface area contributed by atoms with Gasteiger partial charge in [-0.3, -0.25) is 9.59 Å². The summed E-state index contributed by atoms with van der Waals surface area (Å²) in [6, 6.07) is -0.572. The van der Waals surface area contributed by atoms with Gasteiger partial charge in [0.25, 0.3) is 0 Å². The molecule has 0 unspecified atom stereocenters. The van der Waals surface area contributed by atoms with Crippen LogP contribution in [0.5, 0.6) is 0 Å². The van der Waals surface area contributed by atoms with Gasteiger partial charge in [0.15, 0.2) is 0 Å². The van der Waals surface area contributed by atoms with Crippen LogP contribution in [0.1, 0.15) is 39.5 Å². The molecule has 1 aliphatic rings. The van der Waals surface area contributed by atoms with Crippen LogP contribution in [0.3, 0.4) is 0 Å². The third-order valence-electron chi connectivity index (χ3n) is 4.36. The average Bonchev–Trinajstić information content (AvgIpc) is 2.42. The first-order valence-corrected chi connectivity index (χ1v) is 7.69. The van der Waals surface area contributed by atoms with Gasteiger partial charge < -0.3 is 21.1 Å². The Balaban J connectivity index is 2.26. The molecule has 1 atom stereocenters. The summed E-state index contributed by atoms with van der Waals surface area (Å²) in [5.74, 6) is -0.388. The van der Waals surface area contributed by atoms with Crippen molar-refractivity contribution < 1.29 is 14.3 Å². The molecular formula is C15H29N3O3. The van der Waals surface area contributed by atoms with Gasteiger partial charge in [-0.2, -0.15) is 0 Å². The highest BCUT2D eigenvalue weighted by Crippen LogP contribution is 2.43. The van der Waals surface area contributed by atoms with Crippen LogP contribution in [-0.2, 0) is 14.3 Å². The molecule has 1 rings (SSSR count). The molecule has 0 aromatic heterocycles. The first-order chi connectivity index (χ1) is 9.90. The number of nitrogens with two attached hydrogens (primary N) is 1. The van der Waals surface area contributed by atoms with Crippen LogP contribution in [0.2, 0.25) is 0 Å². The Labute approximate surface area is 127 Å². The molecular weight excluding hydrogens is 270 g/mol. The van der Waals surface area contributed by atoms with E-state index in [4.69, 9.17) is 10.5 Å². The summed E-state index contributed by atoms with van der Waals surface area (Å²) in [5, 5.41) is 5.49. The number of hydrogen-bond acceptors (Lipinski definition) is 4. The monoisotopic (exact) mass is 299 g/mol. The fraction of sp³-hybridized carbons (Fsp3) is 0.867. The maximum atomic E-state index is 11.8. The first kappa shape index (κ1) is 17.9. The summed E-state index contributed by atoms with van der Waals surface area (Å²) in [6.07, 6.45) is 4.43. The average molecular weight is 299 g/mol. The van der Waals surface area contributed by atoms with Crippen molar-refractivity contribution >= 4 is 11.8 Å². The predicted octanol–water partition coefficient (Wildman–Crippen LogP) is 0.409. The van der Waals surface area contributed by atoms with Gasteiger partial charge in [0.05, 0.1) is 12.6 Å². The molecule has 1 fully saturated rings. The van der Waals surface area contributed by atoms with E-state index in [2.05, 4.69) is 10.6 Å². The molecule has 0 heterocycles. The van der Waals surface area contributed by atoms with Crippen LogP contribution in [-0.4, -0.2) is 44.7 Å².